The summed E-state index contributed by atoms with van der Waals surface area (Å²) < 4.78 is 0. The molecule has 2 aromatic rings. The van der Waals surface area contributed by atoms with E-state index in [-0.39, 0.29) is 17.3 Å². The van der Waals surface area contributed by atoms with Gasteiger partial charge in [-0.15, -0.1) is 0 Å². The molecular weight excluding hydrogens is 226 g/mol. The van der Waals surface area contributed by atoms with Crippen LogP contribution in [0.15, 0.2) is 36.5 Å². The highest BCUT2D eigenvalue weighted by atomic mass is 16.4. The second-order valence-electron chi connectivity index (χ2n) is 5.58. The van der Waals surface area contributed by atoms with Crippen LogP contribution in [0, 0.1) is 11.3 Å². The standard InChI is InChI=1S/C15H15NO2/c1-15(2)12(13(15)14(17)18)10-7-9-5-3-4-6-11(9)16-8-10/h3-8,12-13H,1-2H3,(H,17,18)/t12-,13+/m1/s1. The predicted octanol–water partition coefficient (Wildman–Crippen LogP) is 3.06. The molecule has 1 aromatic heterocycles. The second kappa shape index (κ2) is 3.55. The highest BCUT2D eigenvalue weighted by Gasteiger charge is 2.62. The third-order valence-corrected chi connectivity index (χ3v) is 4.06. The van der Waals surface area contributed by atoms with Crippen LogP contribution < -0.4 is 0 Å². The molecule has 3 nitrogen and oxygen atoms in total. The van der Waals surface area contributed by atoms with Crippen molar-refractivity contribution in [3.05, 3.63) is 42.1 Å². The fourth-order valence-electron chi connectivity index (χ4n) is 2.98. The van der Waals surface area contributed by atoms with Gasteiger partial charge in [0.05, 0.1) is 11.4 Å². The smallest absolute Gasteiger partial charge is 0.307 e. The van der Waals surface area contributed by atoms with Crippen LogP contribution in [-0.2, 0) is 4.79 Å². The molecule has 1 heterocycles. The molecule has 0 saturated heterocycles. The van der Waals surface area contributed by atoms with Gasteiger partial charge < -0.3 is 5.11 Å². The summed E-state index contributed by atoms with van der Waals surface area (Å²) in [4.78, 5) is 15.6. The molecular formula is C15H15NO2. The number of carboxylic acids is 1. The van der Waals surface area contributed by atoms with Crippen LogP contribution in [0.5, 0.6) is 0 Å². The van der Waals surface area contributed by atoms with Gasteiger partial charge in [-0.1, -0.05) is 32.0 Å². The van der Waals surface area contributed by atoms with E-state index in [9.17, 15) is 9.90 Å². The first kappa shape index (κ1) is 11.2. The fourth-order valence-corrected chi connectivity index (χ4v) is 2.98. The SMILES string of the molecule is CC1(C)[C@H](C(=O)O)[C@H]1c1cnc2ccccc2c1. The molecule has 18 heavy (non-hydrogen) atoms. The number of pyridine rings is 1. The maximum Gasteiger partial charge on any atom is 0.307 e. The zero-order valence-corrected chi connectivity index (χ0v) is 10.4. The number of aliphatic carboxylic acids is 1. The predicted molar refractivity (Wildman–Crippen MR) is 69.4 cm³/mol. The summed E-state index contributed by atoms with van der Waals surface area (Å²) in [6, 6.07) is 9.97. The quantitative estimate of drug-likeness (QED) is 0.879. The van der Waals surface area contributed by atoms with Crippen molar-refractivity contribution in [1.82, 2.24) is 4.98 Å². The molecule has 1 fully saturated rings. The van der Waals surface area contributed by atoms with Crippen molar-refractivity contribution in [3.63, 3.8) is 0 Å². The largest absolute Gasteiger partial charge is 0.481 e. The van der Waals surface area contributed by atoms with E-state index in [1.54, 1.807) is 0 Å². The van der Waals surface area contributed by atoms with Crippen molar-refractivity contribution in [1.29, 1.82) is 0 Å². The Labute approximate surface area is 105 Å². The van der Waals surface area contributed by atoms with Crippen molar-refractivity contribution in [3.8, 4) is 0 Å². The lowest BCUT2D eigenvalue weighted by Crippen LogP contribution is -2.03. The number of rotatable bonds is 2. The van der Waals surface area contributed by atoms with E-state index in [2.05, 4.69) is 11.1 Å². The first-order valence-corrected chi connectivity index (χ1v) is 6.09. The zero-order valence-electron chi connectivity index (χ0n) is 10.4. The van der Waals surface area contributed by atoms with Gasteiger partial charge in [-0.05, 0) is 23.1 Å². The van der Waals surface area contributed by atoms with Gasteiger partial charge in [0, 0.05) is 17.5 Å². The molecule has 0 aliphatic heterocycles. The lowest BCUT2D eigenvalue weighted by atomic mass is 10.0. The van der Waals surface area contributed by atoms with Gasteiger partial charge in [0.2, 0.25) is 0 Å². The van der Waals surface area contributed by atoms with E-state index in [0.29, 0.717) is 0 Å². The maximum absolute atomic E-state index is 11.2. The van der Waals surface area contributed by atoms with Crippen LogP contribution in [0.25, 0.3) is 10.9 Å². The molecule has 0 bridgehead atoms. The molecule has 1 saturated carbocycles. The summed E-state index contributed by atoms with van der Waals surface area (Å²) >= 11 is 0. The van der Waals surface area contributed by atoms with Crippen molar-refractivity contribution in [2.45, 2.75) is 19.8 Å². The first-order valence-electron chi connectivity index (χ1n) is 6.09. The van der Waals surface area contributed by atoms with E-state index < -0.39 is 5.97 Å². The minimum Gasteiger partial charge on any atom is -0.481 e. The highest BCUT2D eigenvalue weighted by molar-refractivity contribution is 5.81. The summed E-state index contributed by atoms with van der Waals surface area (Å²) in [7, 11) is 0. The molecule has 0 spiro atoms. The zero-order chi connectivity index (χ0) is 12.9. The van der Waals surface area contributed by atoms with E-state index in [1.165, 1.54) is 0 Å². The van der Waals surface area contributed by atoms with E-state index in [0.717, 1.165) is 16.5 Å². The molecule has 0 unspecified atom stereocenters. The Bertz CT molecular complexity index is 633. The number of carboxylic acid groups (broad SMARTS) is 1. The van der Waals surface area contributed by atoms with Crippen LogP contribution in [0.3, 0.4) is 0 Å². The number of hydrogen-bond donors (Lipinski definition) is 1. The van der Waals surface area contributed by atoms with Crippen LogP contribution in [-0.4, -0.2) is 16.1 Å². The Balaban J connectivity index is 2.04. The minimum atomic E-state index is -0.710. The minimum absolute atomic E-state index is 0.0760. The van der Waals surface area contributed by atoms with Crippen LogP contribution in [0.4, 0.5) is 0 Å². The Morgan fingerprint density at radius 2 is 2.06 bits per heavy atom. The third kappa shape index (κ3) is 1.50. The summed E-state index contributed by atoms with van der Waals surface area (Å²) in [5, 5.41) is 10.3. The van der Waals surface area contributed by atoms with Gasteiger partial charge in [-0.3, -0.25) is 9.78 Å². The summed E-state index contributed by atoms with van der Waals surface area (Å²) in [6.07, 6.45) is 1.82. The van der Waals surface area contributed by atoms with E-state index >= 15 is 0 Å². The number of benzene rings is 1. The molecule has 0 radical (unpaired) electrons. The van der Waals surface area contributed by atoms with Gasteiger partial charge in [-0.25, -0.2) is 0 Å². The summed E-state index contributed by atoms with van der Waals surface area (Å²) in [5.74, 6) is -0.925. The number of aromatic nitrogens is 1. The molecule has 3 heteroatoms. The number of carbonyl (C=O) groups is 1. The van der Waals surface area contributed by atoms with Gasteiger partial charge >= 0.3 is 5.97 Å². The average Bonchev–Trinajstić information content (AvgIpc) is 2.92. The number of fused-ring (bicyclic) bond motifs is 1. The summed E-state index contributed by atoms with van der Waals surface area (Å²) in [5.41, 5.74) is 1.81. The maximum atomic E-state index is 11.2. The lowest BCUT2D eigenvalue weighted by molar-refractivity contribution is -0.139. The molecule has 1 N–H and O–H groups in total. The molecule has 2 atom stereocenters. The number of para-hydroxylation sites is 1. The second-order valence-corrected chi connectivity index (χ2v) is 5.58. The van der Waals surface area contributed by atoms with Crippen LogP contribution in [0.1, 0.15) is 25.3 Å². The van der Waals surface area contributed by atoms with Crippen LogP contribution in [0.2, 0.25) is 0 Å². The Kier molecular flexibility index (Phi) is 2.21. The van der Waals surface area contributed by atoms with Crippen molar-refractivity contribution < 1.29 is 9.90 Å². The topological polar surface area (TPSA) is 50.2 Å². The van der Waals surface area contributed by atoms with Gasteiger partial charge in [0.25, 0.3) is 0 Å². The van der Waals surface area contributed by atoms with E-state index in [1.807, 2.05) is 44.3 Å². The summed E-state index contributed by atoms with van der Waals surface area (Å²) in [6.45, 7) is 4.01. The average molecular weight is 241 g/mol. The molecule has 3 rings (SSSR count). The number of nitrogens with zero attached hydrogens (tertiary/aromatic N) is 1. The van der Waals surface area contributed by atoms with E-state index in [4.69, 9.17) is 0 Å². The normalized spacial score (nSPS) is 25.0. The monoisotopic (exact) mass is 241 g/mol. The van der Waals surface area contributed by atoms with Crippen molar-refractivity contribution in [2.75, 3.05) is 0 Å². The highest BCUT2D eigenvalue weighted by Crippen LogP contribution is 2.64. The first-order chi connectivity index (χ1) is 8.51. The van der Waals surface area contributed by atoms with Crippen molar-refractivity contribution in [2.24, 2.45) is 11.3 Å². The molecule has 1 aliphatic carbocycles. The Morgan fingerprint density at radius 3 is 2.72 bits per heavy atom. The van der Waals surface area contributed by atoms with Gasteiger partial charge in [0.15, 0.2) is 0 Å². The molecule has 0 amide bonds. The Hall–Kier alpha value is -1.90. The third-order valence-electron chi connectivity index (χ3n) is 4.06. The van der Waals surface area contributed by atoms with Gasteiger partial charge in [0.1, 0.15) is 0 Å². The Morgan fingerprint density at radius 1 is 1.33 bits per heavy atom. The van der Waals surface area contributed by atoms with Gasteiger partial charge in [-0.2, -0.15) is 0 Å². The molecule has 92 valence electrons. The molecule has 1 aliphatic rings. The van der Waals surface area contributed by atoms with Crippen molar-refractivity contribution >= 4 is 16.9 Å². The number of hydrogen-bond acceptors (Lipinski definition) is 2. The van der Waals surface area contributed by atoms with Crippen LogP contribution >= 0.6 is 0 Å². The lowest BCUT2D eigenvalue weighted by Gasteiger charge is -2.04. The fraction of sp³-hybridized carbons (Fsp3) is 0.333. The molecule has 1 aromatic carbocycles.